The van der Waals surface area contributed by atoms with Crippen LogP contribution in [0.3, 0.4) is 0 Å². The van der Waals surface area contributed by atoms with Gasteiger partial charge in [0.05, 0.1) is 6.10 Å². The number of carbonyl (C=O) groups is 2. The highest BCUT2D eigenvalue weighted by atomic mass is 16.5. The molecule has 0 spiro atoms. The van der Waals surface area contributed by atoms with Crippen molar-refractivity contribution in [2.45, 2.75) is 63.7 Å². The van der Waals surface area contributed by atoms with Crippen molar-refractivity contribution in [2.75, 3.05) is 19.6 Å². The van der Waals surface area contributed by atoms with Gasteiger partial charge in [-0.2, -0.15) is 0 Å². The molecule has 2 saturated heterocycles. The third-order valence-corrected chi connectivity index (χ3v) is 4.22. The number of likely N-dealkylation sites (tertiary alicyclic amines) is 1. The molecule has 0 aliphatic carbocycles. The van der Waals surface area contributed by atoms with Gasteiger partial charge < -0.3 is 20.7 Å². The molecule has 6 nitrogen and oxygen atoms in total. The Kier molecular flexibility index (Phi) is 5.99. The first-order valence-electron chi connectivity index (χ1n) is 8.07. The van der Waals surface area contributed by atoms with E-state index in [2.05, 4.69) is 5.32 Å². The maximum atomic E-state index is 12.5. The number of rotatable bonds is 5. The number of ether oxygens (including phenoxy) is 1. The summed E-state index contributed by atoms with van der Waals surface area (Å²) in [6.45, 7) is 3.81. The van der Waals surface area contributed by atoms with Gasteiger partial charge in [0, 0.05) is 32.1 Å². The summed E-state index contributed by atoms with van der Waals surface area (Å²) >= 11 is 0. The molecule has 0 aromatic carbocycles. The largest absolute Gasteiger partial charge is 0.364 e. The molecular formula is C15H27N3O3. The summed E-state index contributed by atoms with van der Waals surface area (Å²) in [5.74, 6) is 0.137. The van der Waals surface area contributed by atoms with Crippen molar-refractivity contribution in [1.29, 1.82) is 0 Å². The van der Waals surface area contributed by atoms with Gasteiger partial charge in [-0.05, 0) is 32.1 Å². The van der Waals surface area contributed by atoms with E-state index in [1.54, 1.807) is 0 Å². The Bertz CT molecular complexity index is 375. The van der Waals surface area contributed by atoms with Crippen molar-refractivity contribution < 1.29 is 14.3 Å². The lowest BCUT2D eigenvalue weighted by atomic mass is 10.0. The first-order valence-corrected chi connectivity index (χ1v) is 8.07. The fourth-order valence-corrected chi connectivity index (χ4v) is 3.09. The van der Waals surface area contributed by atoms with Gasteiger partial charge in [0.25, 0.3) is 5.91 Å². The zero-order chi connectivity index (χ0) is 15.2. The highest BCUT2D eigenvalue weighted by Gasteiger charge is 2.34. The molecular weight excluding hydrogens is 270 g/mol. The Hall–Kier alpha value is -1.14. The number of nitrogens with zero attached hydrogens (tertiary/aromatic N) is 1. The second-order valence-electron chi connectivity index (χ2n) is 6.00. The minimum absolute atomic E-state index is 0.0174. The van der Waals surface area contributed by atoms with Gasteiger partial charge in [-0.25, -0.2) is 0 Å². The number of hydrogen-bond acceptors (Lipinski definition) is 4. The second kappa shape index (κ2) is 7.75. The second-order valence-corrected chi connectivity index (χ2v) is 6.00. The number of nitrogens with one attached hydrogen (secondary N) is 1. The summed E-state index contributed by atoms with van der Waals surface area (Å²) in [7, 11) is 0. The summed E-state index contributed by atoms with van der Waals surface area (Å²) in [5, 5.41) is 3.02. The molecule has 3 N–H and O–H groups in total. The van der Waals surface area contributed by atoms with Crippen LogP contribution in [0.15, 0.2) is 0 Å². The SMILES string of the molecule is CCCC(=O)NC1CCCN(C(=O)[C@@H]2CC[C@H](CN)O2)C1. The topological polar surface area (TPSA) is 84.7 Å². The zero-order valence-corrected chi connectivity index (χ0v) is 12.8. The van der Waals surface area contributed by atoms with E-state index in [1.807, 2.05) is 11.8 Å². The average molecular weight is 297 g/mol. The molecule has 0 aromatic rings. The third-order valence-electron chi connectivity index (χ3n) is 4.22. The van der Waals surface area contributed by atoms with Gasteiger partial charge in [0.2, 0.25) is 5.91 Å². The fraction of sp³-hybridized carbons (Fsp3) is 0.867. The van der Waals surface area contributed by atoms with Crippen LogP contribution >= 0.6 is 0 Å². The summed E-state index contributed by atoms with van der Waals surface area (Å²) in [6.07, 6.45) is 4.55. The van der Waals surface area contributed by atoms with Crippen molar-refractivity contribution in [2.24, 2.45) is 5.73 Å². The maximum absolute atomic E-state index is 12.5. The molecule has 2 rings (SSSR count). The Balaban J connectivity index is 1.83. The molecule has 1 unspecified atom stereocenters. The zero-order valence-electron chi connectivity index (χ0n) is 12.8. The van der Waals surface area contributed by atoms with Crippen LogP contribution in [-0.2, 0) is 14.3 Å². The van der Waals surface area contributed by atoms with Crippen molar-refractivity contribution in [3.8, 4) is 0 Å². The molecule has 0 bridgehead atoms. The highest BCUT2D eigenvalue weighted by molar-refractivity contribution is 5.81. The summed E-state index contributed by atoms with van der Waals surface area (Å²) in [4.78, 5) is 26.0. The average Bonchev–Trinajstić information content (AvgIpc) is 2.96. The Morgan fingerprint density at radius 3 is 2.81 bits per heavy atom. The molecule has 0 saturated carbocycles. The molecule has 2 fully saturated rings. The van der Waals surface area contributed by atoms with Gasteiger partial charge in [-0.15, -0.1) is 0 Å². The lowest BCUT2D eigenvalue weighted by Crippen LogP contribution is -2.52. The fourth-order valence-electron chi connectivity index (χ4n) is 3.09. The van der Waals surface area contributed by atoms with Gasteiger partial charge >= 0.3 is 0 Å². The van der Waals surface area contributed by atoms with Gasteiger partial charge in [-0.1, -0.05) is 6.92 Å². The molecule has 3 atom stereocenters. The molecule has 6 heteroatoms. The minimum Gasteiger partial charge on any atom is -0.364 e. The maximum Gasteiger partial charge on any atom is 0.251 e. The molecule has 120 valence electrons. The number of hydrogen-bond donors (Lipinski definition) is 2. The van der Waals surface area contributed by atoms with Gasteiger partial charge in [0.15, 0.2) is 0 Å². The lowest BCUT2D eigenvalue weighted by molar-refractivity contribution is -0.144. The van der Waals surface area contributed by atoms with E-state index in [1.165, 1.54) is 0 Å². The molecule has 2 aliphatic rings. The van der Waals surface area contributed by atoms with E-state index < -0.39 is 0 Å². The van der Waals surface area contributed by atoms with E-state index in [9.17, 15) is 9.59 Å². The van der Waals surface area contributed by atoms with E-state index in [0.29, 0.717) is 19.5 Å². The first kappa shape index (κ1) is 16.2. The first-order chi connectivity index (χ1) is 10.1. The standard InChI is InChI=1S/C15H27N3O3/c1-2-4-14(19)17-11-5-3-8-18(10-11)15(20)13-7-6-12(9-16)21-13/h11-13H,2-10,16H2,1H3,(H,17,19)/t11?,12-,13+/m1/s1. The van der Waals surface area contributed by atoms with E-state index in [-0.39, 0.29) is 30.1 Å². The molecule has 0 aromatic heterocycles. The van der Waals surface area contributed by atoms with Crippen LogP contribution in [0.5, 0.6) is 0 Å². The van der Waals surface area contributed by atoms with Crippen molar-refractivity contribution in [3.63, 3.8) is 0 Å². The molecule has 2 aliphatic heterocycles. The summed E-state index contributed by atoms with van der Waals surface area (Å²) in [5.41, 5.74) is 5.58. The van der Waals surface area contributed by atoms with Crippen molar-refractivity contribution in [1.82, 2.24) is 10.2 Å². The van der Waals surface area contributed by atoms with E-state index >= 15 is 0 Å². The number of amides is 2. The lowest BCUT2D eigenvalue weighted by Gasteiger charge is -2.34. The number of carbonyl (C=O) groups excluding carboxylic acids is 2. The Labute approximate surface area is 126 Å². The smallest absolute Gasteiger partial charge is 0.251 e. The van der Waals surface area contributed by atoms with Crippen LogP contribution in [0.1, 0.15) is 45.4 Å². The van der Waals surface area contributed by atoms with Crippen LogP contribution < -0.4 is 11.1 Å². The summed E-state index contributed by atoms with van der Waals surface area (Å²) < 4.78 is 5.68. The molecule has 2 heterocycles. The normalized spacial score (nSPS) is 29.4. The molecule has 0 radical (unpaired) electrons. The monoisotopic (exact) mass is 297 g/mol. The van der Waals surface area contributed by atoms with Crippen LogP contribution in [0.4, 0.5) is 0 Å². The van der Waals surface area contributed by atoms with Gasteiger partial charge in [0.1, 0.15) is 6.10 Å². The van der Waals surface area contributed by atoms with Crippen LogP contribution in [-0.4, -0.2) is 54.6 Å². The van der Waals surface area contributed by atoms with Crippen LogP contribution in [0.2, 0.25) is 0 Å². The molecule has 21 heavy (non-hydrogen) atoms. The van der Waals surface area contributed by atoms with E-state index in [0.717, 1.165) is 38.6 Å². The third kappa shape index (κ3) is 4.41. The number of nitrogens with two attached hydrogens (primary N) is 1. The van der Waals surface area contributed by atoms with Crippen LogP contribution in [0, 0.1) is 0 Å². The number of piperidine rings is 1. The predicted molar refractivity (Wildman–Crippen MR) is 79.6 cm³/mol. The highest BCUT2D eigenvalue weighted by Crippen LogP contribution is 2.22. The quantitative estimate of drug-likeness (QED) is 0.769. The van der Waals surface area contributed by atoms with Crippen molar-refractivity contribution in [3.05, 3.63) is 0 Å². The van der Waals surface area contributed by atoms with E-state index in [4.69, 9.17) is 10.5 Å². The predicted octanol–water partition coefficient (Wildman–Crippen LogP) is 0.400. The molecule has 2 amide bonds. The Morgan fingerprint density at radius 2 is 2.14 bits per heavy atom. The van der Waals surface area contributed by atoms with Crippen LogP contribution in [0.25, 0.3) is 0 Å². The summed E-state index contributed by atoms with van der Waals surface area (Å²) in [6, 6.07) is 0.0773. The van der Waals surface area contributed by atoms with Crippen molar-refractivity contribution >= 4 is 11.8 Å². The minimum atomic E-state index is -0.344. The van der Waals surface area contributed by atoms with Gasteiger partial charge in [-0.3, -0.25) is 9.59 Å². The Morgan fingerprint density at radius 1 is 1.33 bits per heavy atom.